The molecular weight excluding hydrogens is 320 g/mol. The first-order valence-electron chi connectivity index (χ1n) is 8.31. The lowest BCUT2D eigenvalue weighted by Gasteiger charge is -2.35. The molecule has 1 aliphatic rings. The number of amides is 1. The molecule has 0 spiro atoms. The number of carbonyl (C=O) groups is 1. The zero-order chi connectivity index (χ0) is 17.6. The number of aromatic nitrogens is 4. The molecule has 4 heterocycles. The third-order valence-corrected chi connectivity index (χ3v) is 4.49. The van der Waals surface area contributed by atoms with Gasteiger partial charge in [0.25, 0.3) is 11.7 Å². The number of hydrogen-bond donors (Lipinski definition) is 0. The molecule has 0 atom stereocenters. The fourth-order valence-electron chi connectivity index (χ4n) is 3.27. The van der Waals surface area contributed by atoms with E-state index in [1.54, 1.807) is 4.52 Å². The highest BCUT2D eigenvalue weighted by atomic mass is 16.4. The fourth-order valence-corrected chi connectivity index (χ4v) is 3.27. The standard InChI is InChI=1S/C17H20N6O2/c1-11-8-13(3)25-15(11)16(24)22-6-4-21(5-7-22)14-9-12(2)20-17-18-10-19-23(14)17/h8-10H,4-7H2,1-3H3. The fraction of sp³-hybridized carbons (Fsp3) is 0.412. The van der Waals surface area contributed by atoms with Crippen LogP contribution in [-0.2, 0) is 0 Å². The second kappa shape index (κ2) is 5.87. The highest BCUT2D eigenvalue weighted by Gasteiger charge is 2.26. The molecule has 0 saturated carbocycles. The van der Waals surface area contributed by atoms with Gasteiger partial charge < -0.3 is 14.2 Å². The van der Waals surface area contributed by atoms with E-state index in [2.05, 4.69) is 20.0 Å². The summed E-state index contributed by atoms with van der Waals surface area (Å²) in [5, 5.41) is 4.26. The quantitative estimate of drug-likeness (QED) is 0.705. The van der Waals surface area contributed by atoms with Crippen molar-refractivity contribution in [1.82, 2.24) is 24.5 Å². The van der Waals surface area contributed by atoms with Crippen LogP contribution in [0, 0.1) is 20.8 Å². The minimum absolute atomic E-state index is 0.0398. The Morgan fingerprint density at radius 3 is 2.56 bits per heavy atom. The van der Waals surface area contributed by atoms with Gasteiger partial charge in [0, 0.05) is 43.5 Å². The summed E-state index contributed by atoms with van der Waals surface area (Å²) in [6.45, 7) is 8.43. The van der Waals surface area contributed by atoms with Crippen LogP contribution in [-0.4, -0.2) is 56.6 Å². The summed E-state index contributed by atoms with van der Waals surface area (Å²) in [4.78, 5) is 25.3. The van der Waals surface area contributed by atoms with E-state index in [0.29, 0.717) is 24.6 Å². The predicted molar refractivity (Wildman–Crippen MR) is 91.8 cm³/mol. The summed E-state index contributed by atoms with van der Waals surface area (Å²) >= 11 is 0. The van der Waals surface area contributed by atoms with Crippen molar-refractivity contribution in [2.24, 2.45) is 0 Å². The van der Waals surface area contributed by atoms with Gasteiger partial charge >= 0.3 is 0 Å². The van der Waals surface area contributed by atoms with Gasteiger partial charge in [-0.1, -0.05) is 0 Å². The Morgan fingerprint density at radius 1 is 1.12 bits per heavy atom. The van der Waals surface area contributed by atoms with E-state index in [9.17, 15) is 4.79 Å². The van der Waals surface area contributed by atoms with Crippen molar-refractivity contribution in [3.05, 3.63) is 41.2 Å². The van der Waals surface area contributed by atoms with Crippen molar-refractivity contribution in [2.45, 2.75) is 20.8 Å². The Morgan fingerprint density at radius 2 is 1.88 bits per heavy atom. The average Bonchev–Trinajstić information content (AvgIpc) is 3.19. The number of furan rings is 1. The number of piperazine rings is 1. The Hall–Kier alpha value is -2.90. The van der Waals surface area contributed by atoms with Crippen LogP contribution in [0.15, 0.2) is 22.9 Å². The molecule has 0 unspecified atom stereocenters. The van der Waals surface area contributed by atoms with E-state index >= 15 is 0 Å². The van der Waals surface area contributed by atoms with Crippen molar-refractivity contribution in [3.63, 3.8) is 0 Å². The second-order valence-corrected chi connectivity index (χ2v) is 6.38. The molecule has 0 aliphatic carbocycles. The SMILES string of the molecule is Cc1cc(N2CCN(C(=O)c3oc(C)cc3C)CC2)n2ncnc2n1. The molecule has 0 aromatic carbocycles. The molecule has 3 aromatic rings. The minimum Gasteiger partial charge on any atom is -0.456 e. The van der Waals surface area contributed by atoms with Crippen LogP contribution in [0.4, 0.5) is 5.82 Å². The molecule has 25 heavy (non-hydrogen) atoms. The maximum atomic E-state index is 12.7. The first-order valence-corrected chi connectivity index (χ1v) is 8.31. The van der Waals surface area contributed by atoms with Gasteiger partial charge in [0.05, 0.1) is 0 Å². The number of anilines is 1. The van der Waals surface area contributed by atoms with Gasteiger partial charge in [-0.3, -0.25) is 4.79 Å². The molecule has 4 rings (SSSR count). The van der Waals surface area contributed by atoms with Crippen LogP contribution in [0.2, 0.25) is 0 Å². The summed E-state index contributed by atoms with van der Waals surface area (Å²) < 4.78 is 7.31. The van der Waals surface area contributed by atoms with Gasteiger partial charge in [-0.05, 0) is 26.8 Å². The summed E-state index contributed by atoms with van der Waals surface area (Å²) in [6, 6.07) is 3.89. The third kappa shape index (κ3) is 2.73. The molecule has 0 bridgehead atoms. The van der Waals surface area contributed by atoms with Gasteiger partial charge in [0.15, 0.2) is 5.76 Å². The molecule has 3 aromatic heterocycles. The predicted octanol–water partition coefficient (Wildman–Crippen LogP) is 1.60. The third-order valence-electron chi connectivity index (χ3n) is 4.49. The van der Waals surface area contributed by atoms with Gasteiger partial charge in [0.1, 0.15) is 17.9 Å². The Kier molecular flexibility index (Phi) is 3.67. The van der Waals surface area contributed by atoms with Crippen molar-refractivity contribution in [1.29, 1.82) is 0 Å². The van der Waals surface area contributed by atoms with E-state index in [0.717, 1.165) is 35.9 Å². The number of hydrogen-bond acceptors (Lipinski definition) is 6. The Bertz CT molecular complexity index is 936. The zero-order valence-electron chi connectivity index (χ0n) is 14.6. The summed E-state index contributed by atoms with van der Waals surface area (Å²) in [6.07, 6.45) is 1.51. The Labute approximate surface area is 145 Å². The topological polar surface area (TPSA) is 79.8 Å². The van der Waals surface area contributed by atoms with Crippen molar-refractivity contribution >= 4 is 17.5 Å². The number of aryl methyl sites for hydroxylation is 3. The summed E-state index contributed by atoms with van der Waals surface area (Å²) in [7, 11) is 0. The molecule has 8 heteroatoms. The van der Waals surface area contributed by atoms with E-state index in [1.807, 2.05) is 37.8 Å². The first kappa shape index (κ1) is 15.6. The molecule has 1 amide bonds. The molecule has 1 fully saturated rings. The average molecular weight is 340 g/mol. The number of carbonyl (C=O) groups excluding carboxylic acids is 1. The van der Waals surface area contributed by atoms with Gasteiger partial charge in [0.2, 0.25) is 0 Å². The van der Waals surface area contributed by atoms with Crippen LogP contribution < -0.4 is 4.90 Å². The van der Waals surface area contributed by atoms with Gasteiger partial charge in [-0.2, -0.15) is 14.6 Å². The van der Waals surface area contributed by atoms with Crippen LogP contribution in [0.25, 0.3) is 5.78 Å². The smallest absolute Gasteiger partial charge is 0.289 e. The van der Waals surface area contributed by atoms with Crippen LogP contribution in [0.3, 0.4) is 0 Å². The van der Waals surface area contributed by atoms with Gasteiger partial charge in [-0.25, -0.2) is 4.98 Å². The lowest BCUT2D eigenvalue weighted by Crippen LogP contribution is -2.49. The molecular formula is C17H20N6O2. The second-order valence-electron chi connectivity index (χ2n) is 6.38. The number of rotatable bonds is 2. The summed E-state index contributed by atoms with van der Waals surface area (Å²) in [5.74, 6) is 2.72. The minimum atomic E-state index is -0.0398. The summed E-state index contributed by atoms with van der Waals surface area (Å²) in [5.41, 5.74) is 1.79. The zero-order valence-corrected chi connectivity index (χ0v) is 14.6. The lowest BCUT2D eigenvalue weighted by molar-refractivity contribution is 0.0712. The van der Waals surface area contributed by atoms with Crippen molar-refractivity contribution in [3.8, 4) is 0 Å². The van der Waals surface area contributed by atoms with E-state index in [1.165, 1.54) is 6.33 Å². The van der Waals surface area contributed by atoms with Crippen molar-refractivity contribution in [2.75, 3.05) is 31.1 Å². The number of fused-ring (bicyclic) bond motifs is 1. The molecule has 1 saturated heterocycles. The van der Waals surface area contributed by atoms with E-state index in [4.69, 9.17) is 4.42 Å². The van der Waals surface area contributed by atoms with E-state index < -0.39 is 0 Å². The highest BCUT2D eigenvalue weighted by Crippen LogP contribution is 2.20. The normalized spacial score (nSPS) is 15.2. The van der Waals surface area contributed by atoms with E-state index in [-0.39, 0.29) is 5.91 Å². The Balaban J connectivity index is 1.52. The molecule has 0 N–H and O–H groups in total. The molecule has 1 aliphatic heterocycles. The van der Waals surface area contributed by atoms with Crippen LogP contribution in [0.1, 0.15) is 27.6 Å². The maximum absolute atomic E-state index is 12.7. The largest absolute Gasteiger partial charge is 0.456 e. The molecule has 8 nitrogen and oxygen atoms in total. The first-order chi connectivity index (χ1) is 12.0. The lowest BCUT2D eigenvalue weighted by atomic mass is 10.2. The highest BCUT2D eigenvalue weighted by molar-refractivity contribution is 5.93. The molecule has 130 valence electrons. The van der Waals surface area contributed by atoms with Crippen molar-refractivity contribution < 1.29 is 9.21 Å². The monoisotopic (exact) mass is 340 g/mol. The number of nitrogens with zero attached hydrogens (tertiary/aromatic N) is 6. The van der Waals surface area contributed by atoms with Crippen LogP contribution in [0.5, 0.6) is 0 Å². The van der Waals surface area contributed by atoms with Gasteiger partial charge in [-0.15, -0.1) is 0 Å². The van der Waals surface area contributed by atoms with Crippen LogP contribution >= 0.6 is 0 Å². The molecule has 0 radical (unpaired) electrons. The maximum Gasteiger partial charge on any atom is 0.289 e.